The second-order valence-electron chi connectivity index (χ2n) is 6.24. The van der Waals surface area contributed by atoms with Crippen LogP contribution in [0.15, 0.2) is 41.3 Å². The first kappa shape index (κ1) is 16.7. The standard InChI is InChI=1S/C18H23NO2S2/c1-14-7-10-16(11-8-14)23(20,21)19-13-5-3-4-6-17(19)18-12-9-15(2)22-18/h7-12,17H,3-6,13H2,1-2H3. The van der Waals surface area contributed by atoms with Gasteiger partial charge in [0.2, 0.25) is 10.0 Å². The van der Waals surface area contributed by atoms with Crippen LogP contribution in [-0.4, -0.2) is 19.3 Å². The van der Waals surface area contributed by atoms with Gasteiger partial charge in [0.15, 0.2) is 0 Å². The zero-order valence-corrected chi connectivity index (χ0v) is 15.3. The van der Waals surface area contributed by atoms with Gasteiger partial charge >= 0.3 is 0 Å². The van der Waals surface area contributed by atoms with E-state index in [1.807, 2.05) is 19.1 Å². The molecule has 1 unspecified atom stereocenters. The summed E-state index contributed by atoms with van der Waals surface area (Å²) in [7, 11) is -3.45. The molecular weight excluding hydrogens is 326 g/mol. The lowest BCUT2D eigenvalue weighted by Crippen LogP contribution is -2.34. The van der Waals surface area contributed by atoms with Gasteiger partial charge in [-0.2, -0.15) is 4.31 Å². The van der Waals surface area contributed by atoms with Crippen LogP contribution in [0.4, 0.5) is 0 Å². The Kier molecular flexibility index (Phi) is 4.90. The number of nitrogens with zero attached hydrogens (tertiary/aromatic N) is 1. The molecule has 0 radical (unpaired) electrons. The van der Waals surface area contributed by atoms with Gasteiger partial charge in [0.1, 0.15) is 0 Å². The summed E-state index contributed by atoms with van der Waals surface area (Å²) in [4.78, 5) is 2.81. The Balaban J connectivity index is 2.00. The largest absolute Gasteiger partial charge is 0.243 e. The molecule has 0 bridgehead atoms. The minimum atomic E-state index is -3.45. The van der Waals surface area contributed by atoms with Crippen LogP contribution in [0.3, 0.4) is 0 Å². The van der Waals surface area contributed by atoms with Crippen LogP contribution in [0.25, 0.3) is 0 Å². The highest BCUT2D eigenvalue weighted by atomic mass is 32.2. The highest BCUT2D eigenvalue weighted by Gasteiger charge is 2.33. The van der Waals surface area contributed by atoms with Crippen LogP contribution in [0.1, 0.15) is 47.0 Å². The number of thiophene rings is 1. The summed E-state index contributed by atoms with van der Waals surface area (Å²) < 4.78 is 28.1. The van der Waals surface area contributed by atoms with Crippen molar-refractivity contribution in [2.24, 2.45) is 0 Å². The van der Waals surface area contributed by atoms with E-state index in [-0.39, 0.29) is 6.04 Å². The molecule has 0 N–H and O–H groups in total. The summed E-state index contributed by atoms with van der Waals surface area (Å²) in [6.45, 7) is 4.65. The van der Waals surface area contributed by atoms with E-state index in [0.717, 1.165) is 31.2 Å². The maximum atomic E-state index is 13.2. The first-order valence-electron chi connectivity index (χ1n) is 8.13. The Labute approximate surface area is 143 Å². The van der Waals surface area contributed by atoms with Crippen LogP contribution in [0, 0.1) is 13.8 Å². The maximum Gasteiger partial charge on any atom is 0.243 e. The third kappa shape index (κ3) is 3.52. The van der Waals surface area contributed by atoms with Gasteiger partial charge in [0.05, 0.1) is 10.9 Å². The van der Waals surface area contributed by atoms with Crippen molar-refractivity contribution in [3.05, 3.63) is 51.7 Å². The van der Waals surface area contributed by atoms with E-state index in [1.54, 1.807) is 27.8 Å². The van der Waals surface area contributed by atoms with Gasteiger partial charge in [-0.1, -0.05) is 30.5 Å². The fourth-order valence-electron chi connectivity index (χ4n) is 3.13. The highest BCUT2D eigenvalue weighted by Crippen LogP contribution is 2.37. The summed E-state index contributed by atoms with van der Waals surface area (Å²) in [5, 5.41) is 0. The first-order chi connectivity index (χ1) is 11.0. The van der Waals surface area contributed by atoms with Gasteiger partial charge < -0.3 is 0 Å². The Morgan fingerprint density at radius 2 is 1.74 bits per heavy atom. The number of sulfonamides is 1. The first-order valence-corrected chi connectivity index (χ1v) is 10.4. The molecule has 1 saturated heterocycles. The molecule has 1 fully saturated rings. The second-order valence-corrected chi connectivity index (χ2v) is 9.45. The van der Waals surface area contributed by atoms with Crippen molar-refractivity contribution in [3.8, 4) is 0 Å². The molecule has 3 rings (SSSR count). The minimum Gasteiger partial charge on any atom is -0.207 e. The van der Waals surface area contributed by atoms with Crippen molar-refractivity contribution in [1.82, 2.24) is 4.31 Å². The lowest BCUT2D eigenvalue weighted by Gasteiger charge is -2.28. The topological polar surface area (TPSA) is 37.4 Å². The van der Waals surface area contributed by atoms with Crippen molar-refractivity contribution in [3.63, 3.8) is 0 Å². The number of benzene rings is 1. The zero-order valence-electron chi connectivity index (χ0n) is 13.7. The summed E-state index contributed by atoms with van der Waals surface area (Å²) in [5.74, 6) is 0. The molecule has 5 heteroatoms. The van der Waals surface area contributed by atoms with Crippen LogP contribution >= 0.6 is 11.3 Å². The van der Waals surface area contributed by atoms with Gasteiger partial charge in [0.25, 0.3) is 0 Å². The SMILES string of the molecule is Cc1ccc(S(=O)(=O)N2CCCCCC2c2ccc(C)s2)cc1. The average Bonchev–Trinajstić information content (AvgIpc) is 2.80. The van der Waals surface area contributed by atoms with Gasteiger partial charge in [-0.25, -0.2) is 8.42 Å². The fraction of sp³-hybridized carbons (Fsp3) is 0.444. The molecule has 1 aliphatic rings. The summed E-state index contributed by atoms with van der Waals surface area (Å²) in [6, 6.07) is 11.3. The summed E-state index contributed by atoms with van der Waals surface area (Å²) in [5.41, 5.74) is 1.07. The smallest absolute Gasteiger partial charge is 0.207 e. The van der Waals surface area contributed by atoms with Crippen molar-refractivity contribution < 1.29 is 8.42 Å². The lowest BCUT2D eigenvalue weighted by molar-refractivity contribution is 0.333. The summed E-state index contributed by atoms with van der Waals surface area (Å²) >= 11 is 1.71. The van der Waals surface area contributed by atoms with Gasteiger partial charge in [-0.15, -0.1) is 11.3 Å². The number of aryl methyl sites for hydroxylation is 2. The molecule has 1 aromatic heterocycles. The molecule has 2 aromatic rings. The second kappa shape index (κ2) is 6.75. The molecule has 0 saturated carbocycles. The van der Waals surface area contributed by atoms with Gasteiger partial charge in [-0.05, 0) is 51.0 Å². The Morgan fingerprint density at radius 1 is 1.00 bits per heavy atom. The Hall–Kier alpha value is -1.17. The van der Waals surface area contributed by atoms with E-state index >= 15 is 0 Å². The van der Waals surface area contributed by atoms with E-state index in [2.05, 4.69) is 19.1 Å². The van der Waals surface area contributed by atoms with E-state index in [4.69, 9.17) is 0 Å². The average molecular weight is 350 g/mol. The molecule has 23 heavy (non-hydrogen) atoms. The molecule has 1 aliphatic heterocycles. The molecule has 124 valence electrons. The summed E-state index contributed by atoms with van der Waals surface area (Å²) in [6.07, 6.45) is 4.03. The van der Waals surface area contributed by atoms with Crippen LogP contribution in [0.2, 0.25) is 0 Å². The molecule has 0 spiro atoms. The zero-order chi connectivity index (χ0) is 16.4. The lowest BCUT2D eigenvalue weighted by atomic mass is 10.1. The highest BCUT2D eigenvalue weighted by molar-refractivity contribution is 7.89. The van der Waals surface area contributed by atoms with E-state index in [9.17, 15) is 8.42 Å². The van der Waals surface area contributed by atoms with Gasteiger partial charge in [0, 0.05) is 16.3 Å². The minimum absolute atomic E-state index is 0.0255. The van der Waals surface area contributed by atoms with Crippen molar-refractivity contribution in [2.45, 2.75) is 50.5 Å². The molecule has 1 atom stereocenters. The molecule has 0 aliphatic carbocycles. The molecule has 0 amide bonds. The normalized spacial score (nSPS) is 20.3. The van der Waals surface area contributed by atoms with Crippen molar-refractivity contribution >= 4 is 21.4 Å². The Bertz CT molecular complexity index is 763. The molecule has 1 aromatic carbocycles. The predicted octanol–water partition coefficient (Wildman–Crippen LogP) is 4.67. The Morgan fingerprint density at radius 3 is 2.39 bits per heavy atom. The molecule has 2 heterocycles. The van der Waals surface area contributed by atoms with Crippen LogP contribution < -0.4 is 0 Å². The number of hydrogen-bond acceptors (Lipinski definition) is 3. The third-order valence-electron chi connectivity index (χ3n) is 4.42. The van der Waals surface area contributed by atoms with Crippen LogP contribution in [0.5, 0.6) is 0 Å². The van der Waals surface area contributed by atoms with Crippen LogP contribution in [-0.2, 0) is 10.0 Å². The van der Waals surface area contributed by atoms with E-state index < -0.39 is 10.0 Å². The van der Waals surface area contributed by atoms with Gasteiger partial charge in [-0.3, -0.25) is 0 Å². The predicted molar refractivity (Wildman–Crippen MR) is 95.3 cm³/mol. The van der Waals surface area contributed by atoms with E-state index in [1.165, 1.54) is 9.75 Å². The number of hydrogen-bond donors (Lipinski definition) is 0. The quantitative estimate of drug-likeness (QED) is 0.807. The van der Waals surface area contributed by atoms with Crippen molar-refractivity contribution in [1.29, 1.82) is 0 Å². The monoisotopic (exact) mass is 349 g/mol. The number of rotatable bonds is 3. The molecular formula is C18H23NO2S2. The fourth-order valence-corrected chi connectivity index (χ4v) is 5.90. The maximum absolute atomic E-state index is 13.2. The molecule has 3 nitrogen and oxygen atoms in total. The van der Waals surface area contributed by atoms with E-state index in [0.29, 0.717) is 11.4 Å². The van der Waals surface area contributed by atoms with Crippen molar-refractivity contribution in [2.75, 3.05) is 6.54 Å². The third-order valence-corrected chi connectivity index (χ3v) is 7.45.